The van der Waals surface area contributed by atoms with Crippen LogP contribution in [0.5, 0.6) is 5.75 Å². The third-order valence-electron chi connectivity index (χ3n) is 3.69. The molecule has 2 aromatic carbocycles. The van der Waals surface area contributed by atoms with Crippen LogP contribution < -0.4 is 15.0 Å². The molecule has 7 heteroatoms. The van der Waals surface area contributed by atoms with E-state index >= 15 is 0 Å². The number of hydrogen-bond acceptors (Lipinski definition) is 4. The number of nitrogens with one attached hydrogen (secondary N) is 1. The monoisotopic (exact) mass is 371 g/mol. The largest absolute Gasteiger partial charge is 0.495 e. The zero-order valence-electron chi connectivity index (χ0n) is 14.5. The molecule has 0 bridgehead atoms. The van der Waals surface area contributed by atoms with E-state index < -0.39 is 0 Å². The molecule has 0 fully saturated rings. The van der Waals surface area contributed by atoms with Gasteiger partial charge in [0.2, 0.25) is 11.8 Å². The summed E-state index contributed by atoms with van der Waals surface area (Å²) in [6, 6.07) is 13.6. The van der Waals surface area contributed by atoms with Crippen LogP contribution >= 0.6 is 11.6 Å². The van der Waals surface area contributed by atoms with Gasteiger partial charge >= 0.3 is 0 Å². The highest BCUT2D eigenvalue weighted by molar-refractivity contribution is 6.32. The molecular weight excluding hydrogens is 354 g/mol. The Kier molecular flexibility index (Phi) is 6.59. The van der Waals surface area contributed by atoms with E-state index in [0.717, 1.165) is 0 Å². The average molecular weight is 372 g/mol. The van der Waals surface area contributed by atoms with Crippen molar-refractivity contribution in [2.24, 2.45) is 0 Å². The Balaban J connectivity index is 2.01. The van der Waals surface area contributed by atoms with Crippen molar-refractivity contribution in [3.63, 3.8) is 0 Å². The molecule has 6 nitrogen and oxygen atoms in total. The molecule has 0 unspecified atom stereocenters. The Hall–Kier alpha value is -3.04. The van der Waals surface area contributed by atoms with Crippen LogP contribution in [-0.2, 0) is 9.59 Å². The quantitative estimate of drug-likeness (QED) is 0.840. The number of ether oxygens (including phenoxy) is 1. The Morgan fingerprint density at radius 2 is 1.92 bits per heavy atom. The van der Waals surface area contributed by atoms with Gasteiger partial charge in [-0.2, -0.15) is 5.26 Å². The summed E-state index contributed by atoms with van der Waals surface area (Å²) in [5.41, 5.74) is 1.70. The van der Waals surface area contributed by atoms with Crippen LogP contribution in [0, 0.1) is 11.3 Å². The van der Waals surface area contributed by atoms with Crippen LogP contribution in [0.3, 0.4) is 0 Å². The number of carbonyl (C=O) groups is 2. The van der Waals surface area contributed by atoms with Crippen LogP contribution in [0.1, 0.15) is 18.9 Å². The number of hydrogen-bond donors (Lipinski definition) is 1. The molecule has 0 heterocycles. The van der Waals surface area contributed by atoms with Crippen molar-refractivity contribution in [1.29, 1.82) is 5.26 Å². The van der Waals surface area contributed by atoms with Crippen molar-refractivity contribution in [3.8, 4) is 11.8 Å². The number of nitrogens with zero attached hydrogens (tertiary/aromatic N) is 2. The lowest BCUT2D eigenvalue weighted by Gasteiger charge is -2.21. The summed E-state index contributed by atoms with van der Waals surface area (Å²) < 4.78 is 5.10. The number of rotatable bonds is 6. The minimum atomic E-state index is -0.236. The molecule has 0 atom stereocenters. The van der Waals surface area contributed by atoms with Gasteiger partial charge in [-0.15, -0.1) is 0 Å². The number of halogens is 1. The first-order chi connectivity index (χ1) is 12.4. The van der Waals surface area contributed by atoms with Crippen molar-refractivity contribution >= 4 is 34.8 Å². The van der Waals surface area contributed by atoms with Crippen molar-refractivity contribution in [2.45, 2.75) is 13.3 Å². The third kappa shape index (κ3) is 4.98. The van der Waals surface area contributed by atoms with E-state index in [0.29, 0.717) is 27.7 Å². The molecule has 1 N–H and O–H groups in total. The van der Waals surface area contributed by atoms with Crippen LogP contribution in [-0.4, -0.2) is 25.5 Å². The number of methoxy groups -OCH3 is 1. The van der Waals surface area contributed by atoms with E-state index in [2.05, 4.69) is 5.32 Å². The molecule has 2 aromatic rings. The lowest BCUT2D eigenvalue weighted by molar-refractivity contribution is -0.117. The number of benzene rings is 2. The second-order valence-electron chi connectivity index (χ2n) is 5.48. The van der Waals surface area contributed by atoms with Crippen LogP contribution in [0.15, 0.2) is 42.5 Å². The molecule has 0 spiro atoms. The van der Waals surface area contributed by atoms with Gasteiger partial charge in [0, 0.05) is 31.3 Å². The first-order valence-electron chi connectivity index (χ1n) is 7.86. The fourth-order valence-corrected chi connectivity index (χ4v) is 2.61. The number of carbonyl (C=O) groups excluding carboxylic acids is 2. The van der Waals surface area contributed by atoms with Gasteiger partial charge in [0.05, 0.1) is 23.8 Å². The molecule has 0 radical (unpaired) electrons. The Labute approximate surface area is 156 Å². The van der Waals surface area contributed by atoms with Gasteiger partial charge in [-0.05, 0) is 42.5 Å². The average Bonchev–Trinajstić information content (AvgIpc) is 2.62. The van der Waals surface area contributed by atoms with E-state index in [4.69, 9.17) is 21.6 Å². The van der Waals surface area contributed by atoms with Crippen molar-refractivity contribution in [3.05, 3.63) is 53.1 Å². The predicted molar refractivity (Wildman–Crippen MR) is 100 cm³/mol. The lowest BCUT2D eigenvalue weighted by atomic mass is 10.2. The molecule has 0 aliphatic carbocycles. The number of nitriles is 1. The predicted octanol–water partition coefficient (Wildman–Crippen LogP) is 3.60. The highest BCUT2D eigenvalue weighted by Gasteiger charge is 2.15. The molecule has 0 saturated heterocycles. The smallest absolute Gasteiger partial charge is 0.226 e. The zero-order chi connectivity index (χ0) is 19.1. The van der Waals surface area contributed by atoms with Gasteiger partial charge < -0.3 is 15.0 Å². The summed E-state index contributed by atoms with van der Waals surface area (Å²) >= 11 is 6.11. The van der Waals surface area contributed by atoms with Gasteiger partial charge in [0.1, 0.15) is 5.75 Å². The van der Waals surface area contributed by atoms with E-state index in [-0.39, 0.29) is 24.8 Å². The summed E-state index contributed by atoms with van der Waals surface area (Å²) in [5, 5.41) is 11.9. The van der Waals surface area contributed by atoms with E-state index in [1.54, 1.807) is 42.5 Å². The topological polar surface area (TPSA) is 82.4 Å². The highest BCUT2D eigenvalue weighted by Crippen LogP contribution is 2.29. The Bertz CT molecular complexity index is 844. The summed E-state index contributed by atoms with van der Waals surface area (Å²) in [5.74, 6) is 0.0791. The normalized spacial score (nSPS) is 9.92. The van der Waals surface area contributed by atoms with E-state index in [1.807, 2.05) is 6.07 Å². The third-order valence-corrected chi connectivity index (χ3v) is 3.98. The fraction of sp³-hybridized carbons (Fsp3) is 0.211. The number of amides is 2. The Morgan fingerprint density at radius 3 is 2.46 bits per heavy atom. The van der Waals surface area contributed by atoms with Crippen LogP contribution in [0.4, 0.5) is 11.4 Å². The summed E-state index contributed by atoms with van der Waals surface area (Å²) in [6.45, 7) is 1.64. The lowest BCUT2D eigenvalue weighted by Crippen LogP contribution is -2.31. The van der Waals surface area contributed by atoms with Crippen molar-refractivity contribution in [2.75, 3.05) is 23.9 Å². The SMILES string of the molecule is COc1ccc(N(CCC(=O)Nc2ccc(C#N)cc2)C(C)=O)cc1Cl. The summed E-state index contributed by atoms with van der Waals surface area (Å²) in [4.78, 5) is 25.5. The molecule has 0 saturated carbocycles. The van der Waals surface area contributed by atoms with Gasteiger partial charge in [-0.1, -0.05) is 11.6 Å². The summed E-state index contributed by atoms with van der Waals surface area (Å²) in [7, 11) is 1.51. The van der Waals surface area contributed by atoms with Crippen LogP contribution in [0.2, 0.25) is 5.02 Å². The van der Waals surface area contributed by atoms with Gasteiger partial charge in [-0.25, -0.2) is 0 Å². The van der Waals surface area contributed by atoms with Gasteiger partial charge in [-0.3, -0.25) is 9.59 Å². The zero-order valence-corrected chi connectivity index (χ0v) is 15.2. The molecule has 0 aromatic heterocycles. The Morgan fingerprint density at radius 1 is 1.23 bits per heavy atom. The first kappa shape index (κ1) is 19.3. The van der Waals surface area contributed by atoms with Crippen LogP contribution in [0.25, 0.3) is 0 Å². The second-order valence-corrected chi connectivity index (χ2v) is 5.88. The van der Waals surface area contributed by atoms with E-state index in [9.17, 15) is 9.59 Å². The minimum absolute atomic E-state index is 0.114. The van der Waals surface area contributed by atoms with Crippen molar-refractivity contribution < 1.29 is 14.3 Å². The summed E-state index contributed by atoms with van der Waals surface area (Å²) in [6.07, 6.45) is 0.114. The maximum absolute atomic E-state index is 12.1. The molecule has 0 aliphatic rings. The first-order valence-corrected chi connectivity index (χ1v) is 8.24. The standard InChI is InChI=1S/C19H18ClN3O3/c1-13(24)23(16-7-8-18(26-2)17(20)11-16)10-9-19(25)22-15-5-3-14(12-21)4-6-15/h3-8,11H,9-10H2,1-2H3,(H,22,25). The highest BCUT2D eigenvalue weighted by atomic mass is 35.5. The minimum Gasteiger partial charge on any atom is -0.495 e. The molecule has 0 aliphatic heterocycles. The molecule has 26 heavy (non-hydrogen) atoms. The maximum atomic E-state index is 12.1. The van der Waals surface area contributed by atoms with Gasteiger partial charge in [0.15, 0.2) is 0 Å². The second kappa shape index (κ2) is 8.88. The molecular formula is C19H18ClN3O3. The molecule has 2 amide bonds. The number of anilines is 2. The van der Waals surface area contributed by atoms with Crippen molar-refractivity contribution in [1.82, 2.24) is 0 Å². The molecule has 2 rings (SSSR count). The molecule has 134 valence electrons. The fourth-order valence-electron chi connectivity index (χ4n) is 2.36. The van der Waals surface area contributed by atoms with Gasteiger partial charge in [0.25, 0.3) is 0 Å². The van der Waals surface area contributed by atoms with E-state index in [1.165, 1.54) is 18.9 Å². The maximum Gasteiger partial charge on any atom is 0.226 e.